The molecule has 1 aromatic rings. The van der Waals surface area contributed by atoms with E-state index in [4.69, 9.17) is 0 Å². The fourth-order valence-corrected chi connectivity index (χ4v) is 3.16. The molecule has 0 saturated heterocycles. The molecule has 6 heteroatoms. The average molecular weight is 293 g/mol. The second-order valence-electron chi connectivity index (χ2n) is 5.39. The molecular weight excluding hydrogens is 276 g/mol. The van der Waals surface area contributed by atoms with Crippen molar-refractivity contribution < 1.29 is 13.6 Å². The number of fused-ring (bicyclic) bond motifs is 1. The van der Waals surface area contributed by atoms with Gasteiger partial charge in [-0.3, -0.25) is 4.79 Å². The third kappa shape index (κ3) is 2.70. The first-order chi connectivity index (χ1) is 10.2. The molecule has 1 aliphatic heterocycles. The summed E-state index contributed by atoms with van der Waals surface area (Å²) >= 11 is 0. The summed E-state index contributed by atoms with van der Waals surface area (Å²) in [5, 5.41) is 5.78. The molecule has 0 unspecified atom stereocenters. The number of nitrogens with one attached hydrogen (secondary N) is 2. The van der Waals surface area contributed by atoms with E-state index in [0.29, 0.717) is 38.0 Å². The van der Waals surface area contributed by atoms with Gasteiger partial charge in [-0.05, 0) is 36.5 Å². The first-order valence-electron chi connectivity index (χ1n) is 7.02. The largest absolute Gasteiger partial charge is 0.372 e. The normalized spacial score (nSPS) is 20.6. The highest BCUT2D eigenvalue weighted by molar-refractivity contribution is 5.46. The fraction of sp³-hybridized carbons (Fsp3) is 0.400. The lowest BCUT2D eigenvalue weighted by Gasteiger charge is -2.35. The Balaban J connectivity index is 1.77. The number of halogens is 2. The molecule has 0 fully saturated rings. The Labute approximate surface area is 121 Å². The number of hydrogen-bond donors (Lipinski definition) is 2. The van der Waals surface area contributed by atoms with Crippen molar-refractivity contribution in [3.8, 4) is 0 Å². The van der Waals surface area contributed by atoms with Crippen LogP contribution in [0.25, 0.3) is 0 Å². The van der Waals surface area contributed by atoms with Crippen LogP contribution in [0.15, 0.2) is 24.0 Å². The average Bonchev–Trinajstić information content (AvgIpc) is 2.92. The van der Waals surface area contributed by atoms with Crippen LogP contribution in [0, 0.1) is 11.6 Å². The Morgan fingerprint density at radius 2 is 2.29 bits per heavy atom. The van der Waals surface area contributed by atoms with Crippen molar-refractivity contribution in [1.82, 2.24) is 15.5 Å². The standard InChI is InChI=1S/C15H17F2N3O/c16-11-3-10-4-12(1-2-14(10)15(17)5-11)20-8-18-6-13(20)7-19-9-21/h3,5-6,9,12,18H,1-2,4,7-8H2,(H,19,21)/t12-/m0/s1. The van der Waals surface area contributed by atoms with Gasteiger partial charge >= 0.3 is 0 Å². The maximum absolute atomic E-state index is 13.8. The predicted molar refractivity (Wildman–Crippen MR) is 74.2 cm³/mol. The minimum Gasteiger partial charge on any atom is -0.372 e. The number of carbonyl (C=O) groups excluding carboxylic acids is 1. The van der Waals surface area contributed by atoms with Gasteiger partial charge in [0, 0.05) is 18.3 Å². The number of carbonyl (C=O) groups is 1. The molecule has 1 amide bonds. The molecule has 21 heavy (non-hydrogen) atoms. The van der Waals surface area contributed by atoms with Crippen LogP contribution in [0.5, 0.6) is 0 Å². The van der Waals surface area contributed by atoms with E-state index in [9.17, 15) is 13.6 Å². The van der Waals surface area contributed by atoms with Crippen LogP contribution in [0.1, 0.15) is 17.5 Å². The van der Waals surface area contributed by atoms with E-state index in [2.05, 4.69) is 15.5 Å². The SMILES string of the molecule is O=CNCC1=CNCN1[C@H]1CCc2c(F)cc(F)cc2C1. The Bertz CT molecular complexity index is 589. The third-order valence-electron chi connectivity index (χ3n) is 4.14. The van der Waals surface area contributed by atoms with Crippen molar-refractivity contribution in [3.05, 3.63) is 46.8 Å². The first kappa shape index (κ1) is 13.9. The van der Waals surface area contributed by atoms with Gasteiger partial charge in [-0.15, -0.1) is 0 Å². The molecule has 2 aliphatic rings. The second kappa shape index (κ2) is 5.71. The van der Waals surface area contributed by atoms with E-state index < -0.39 is 11.6 Å². The van der Waals surface area contributed by atoms with Crippen LogP contribution in [0.4, 0.5) is 8.78 Å². The molecule has 0 radical (unpaired) electrons. The molecule has 3 rings (SSSR count). The zero-order chi connectivity index (χ0) is 14.8. The zero-order valence-corrected chi connectivity index (χ0v) is 11.5. The highest BCUT2D eigenvalue weighted by atomic mass is 19.1. The van der Waals surface area contributed by atoms with E-state index in [0.717, 1.165) is 23.7 Å². The van der Waals surface area contributed by atoms with Crippen LogP contribution in [0.2, 0.25) is 0 Å². The smallest absolute Gasteiger partial charge is 0.207 e. The minimum absolute atomic E-state index is 0.188. The van der Waals surface area contributed by atoms with Gasteiger partial charge in [-0.25, -0.2) is 8.78 Å². The molecule has 1 heterocycles. The Morgan fingerprint density at radius 3 is 3.10 bits per heavy atom. The van der Waals surface area contributed by atoms with Gasteiger partial charge in [0.15, 0.2) is 0 Å². The molecule has 4 nitrogen and oxygen atoms in total. The lowest BCUT2D eigenvalue weighted by molar-refractivity contribution is -0.109. The first-order valence-corrected chi connectivity index (χ1v) is 7.02. The molecule has 1 aliphatic carbocycles. The van der Waals surface area contributed by atoms with Gasteiger partial charge in [0.05, 0.1) is 18.9 Å². The predicted octanol–water partition coefficient (Wildman–Crippen LogP) is 1.27. The maximum atomic E-state index is 13.8. The topological polar surface area (TPSA) is 44.4 Å². The number of nitrogens with zero attached hydrogens (tertiary/aromatic N) is 1. The summed E-state index contributed by atoms with van der Waals surface area (Å²) in [6.45, 7) is 1.12. The Kier molecular flexibility index (Phi) is 3.77. The van der Waals surface area contributed by atoms with Crippen LogP contribution < -0.4 is 10.6 Å². The van der Waals surface area contributed by atoms with Crippen molar-refractivity contribution in [2.24, 2.45) is 0 Å². The van der Waals surface area contributed by atoms with E-state index >= 15 is 0 Å². The summed E-state index contributed by atoms with van der Waals surface area (Å²) in [7, 11) is 0. The highest BCUT2D eigenvalue weighted by Gasteiger charge is 2.29. The molecule has 0 spiro atoms. The van der Waals surface area contributed by atoms with Gasteiger partial charge in [-0.2, -0.15) is 0 Å². The van der Waals surface area contributed by atoms with Gasteiger partial charge in [0.2, 0.25) is 6.41 Å². The summed E-state index contributed by atoms with van der Waals surface area (Å²) in [5.41, 5.74) is 2.38. The lowest BCUT2D eigenvalue weighted by atomic mass is 9.87. The van der Waals surface area contributed by atoms with Gasteiger partial charge in [0.1, 0.15) is 11.6 Å². The second-order valence-corrected chi connectivity index (χ2v) is 5.39. The zero-order valence-electron chi connectivity index (χ0n) is 11.5. The number of benzene rings is 1. The summed E-state index contributed by atoms with van der Waals surface area (Å²) in [4.78, 5) is 12.6. The lowest BCUT2D eigenvalue weighted by Crippen LogP contribution is -2.41. The van der Waals surface area contributed by atoms with Gasteiger partial charge in [0.25, 0.3) is 0 Å². The molecule has 0 saturated carbocycles. The summed E-state index contributed by atoms with van der Waals surface area (Å²) in [6, 6.07) is 2.57. The van der Waals surface area contributed by atoms with Crippen molar-refractivity contribution >= 4 is 6.41 Å². The molecule has 2 N–H and O–H groups in total. The van der Waals surface area contributed by atoms with Crippen LogP contribution in [-0.4, -0.2) is 30.6 Å². The summed E-state index contributed by atoms with van der Waals surface area (Å²) < 4.78 is 27.1. The quantitative estimate of drug-likeness (QED) is 0.822. The van der Waals surface area contributed by atoms with E-state index in [-0.39, 0.29) is 6.04 Å². The number of amides is 1. The highest BCUT2D eigenvalue weighted by Crippen LogP contribution is 2.29. The summed E-state index contributed by atoms with van der Waals surface area (Å²) in [6.07, 6.45) is 4.58. The Morgan fingerprint density at radius 1 is 1.43 bits per heavy atom. The van der Waals surface area contributed by atoms with Crippen LogP contribution in [-0.2, 0) is 17.6 Å². The number of hydrogen-bond acceptors (Lipinski definition) is 3. The molecular formula is C15H17F2N3O. The maximum Gasteiger partial charge on any atom is 0.207 e. The minimum atomic E-state index is -0.523. The number of rotatable bonds is 4. The van der Waals surface area contributed by atoms with Crippen molar-refractivity contribution in [2.45, 2.75) is 25.3 Å². The monoisotopic (exact) mass is 293 g/mol. The van der Waals surface area contributed by atoms with E-state index in [1.165, 1.54) is 6.07 Å². The third-order valence-corrected chi connectivity index (χ3v) is 4.14. The Hall–Kier alpha value is -2.11. The summed E-state index contributed by atoms with van der Waals surface area (Å²) in [5.74, 6) is -0.966. The van der Waals surface area contributed by atoms with Crippen molar-refractivity contribution in [3.63, 3.8) is 0 Å². The molecule has 1 aromatic carbocycles. The molecule has 0 bridgehead atoms. The van der Waals surface area contributed by atoms with Crippen molar-refractivity contribution in [1.29, 1.82) is 0 Å². The molecule has 0 aromatic heterocycles. The van der Waals surface area contributed by atoms with Gasteiger partial charge < -0.3 is 15.5 Å². The van der Waals surface area contributed by atoms with Crippen molar-refractivity contribution in [2.75, 3.05) is 13.2 Å². The van der Waals surface area contributed by atoms with Gasteiger partial charge in [-0.1, -0.05) is 0 Å². The fourth-order valence-electron chi connectivity index (χ4n) is 3.16. The molecule has 112 valence electrons. The van der Waals surface area contributed by atoms with E-state index in [1.54, 1.807) is 0 Å². The van der Waals surface area contributed by atoms with Crippen LogP contribution >= 0.6 is 0 Å². The van der Waals surface area contributed by atoms with E-state index in [1.807, 2.05) is 6.20 Å². The van der Waals surface area contributed by atoms with Crippen LogP contribution in [0.3, 0.4) is 0 Å². The molecule has 1 atom stereocenters.